The van der Waals surface area contributed by atoms with Crippen LogP contribution in [0, 0.1) is 11.8 Å². The van der Waals surface area contributed by atoms with E-state index in [9.17, 15) is 24.3 Å². The molecular weight excluding hydrogens is 761 g/mol. The Balaban J connectivity index is 0.978. The Morgan fingerprint density at radius 1 is 0.750 bits per heavy atom. The average molecular weight is 813 g/mol. The summed E-state index contributed by atoms with van der Waals surface area (Å²) in [6, 6.07) is 23.4. The third-order valence-corrected chi connectivity index (χ3v) is 12.2. The van der Waals surface area contributed by atoms with Crippen LogP contribution in [0.3, 0.4) is 0 Å². The SMILES string of the molecule is COC(=O)N[C@H](C(=O)N1CCC[C@H]1c1nc2c(ccc3cc(-c4ccc(-c5ccc6nc([C@H]7CCC[C@@H]7NC(=O)[C@@H](NC(=O)O)C(C)C)[nH]c6c5)cc4)ccc32)[nH]1)C(C)C. The summed E-state index contributed by atoms with van der Waals surface area (Å²) in [6.45, 7) is 8.06. The van der Waals surface area contributed by atoms with Gasteiger partial charge in [0.15, 0.2) is 0 Å². The molecule has 1 aliphatic carbocycles. The highest BCUT2D eigenvalue weighted by Gasteiger charge is 2.38. The number of aromatic nitrogens is 4. The molecular formula is C46H52N8O6. The van der Waals surface area contributed by atoms with Crippen LogP contribution in [-0.4, -0.2) is 85.7 Å². The highest BCUT2D eigenvalue weighted by molar-refractivity contribution is 6.05. The van der Waals surface area contributed by atoms with Crippen molar-refractivity contribution in [1.82, 2.24) is 40.8 Å². The number of likely N-dealkylation sites (tertiary alicyclic amines) is 1. The van der Waals surface area contributed by atoms with Crippen molar-refractivity contribution in [3.8, 4) is 22.3 Å². The third-order valence-electron chi connectivity index (χ3n) is 12.2. The summed E-state index contributed by atoms with van der Waals surface area (Å²) in [5.41, 5.74) is 7.82. The molecule has 4 amide bonds. The second-order valence-corrected chi connectivity index (χ2v) is 16.8. The molecule has 2 aromatic heterocycles. The highest BCUT2D eigenvalue weighted by Crippen LogP contribution is 2.37. The van der Waals surface area contributed by atoms with E-state index >= 15 is 0 Å². The van der Waals surface area contributed by atoms with Gasteiger partial charge in [-0.15, -0.1) is 0 Å². The summed E-state index contributed by atoms with van der Waals surface area (Å²) in [7, 11) is 1.29. The molecule has 8 rings (SSSR count). The fourth-order valence-electron chi connectivity index (χ4n) is 8.99. The maximum Gasteiger partial charge on any atom is 0.407 e. The standard InChI is InChI=1S/C46H52N8O6/c1-24(2)38(52-45(57)58)43(55)50-33-9-6-8-32(33)41-47-34-19-16-29(23-36(34)49-41)27-13-11-26(12-14-27)28-15-18-31-30(22-28)17-20-35-40(31)51-42(48-35)37-10-7-21-54(37)44(56)39(25(3)4)53-46(59)60-5/h11-20,22-25,32-33,37-39,52H,6-10,21H2,1-5H3,(H,47,49)(H,48,51)(H,50,55)(H,53,59)(H,57,58)/t32-,33-,37-,38-,39-/m0/s1. The lowest BCUT2D eigenvalue weighted by atomic mass is 9.98. The first kappa shape index (κ1) is 40.3. The molecule has 6 N–H and O–H groups in total. The van der Waals surface area contributed by atoms with E-state index in [2.05, 4.69) is 86.6 Å². The molecule has 1 saturated carbocycles. The van der Waals surface area contributed by atoms with Crippen LogP contribution in [0.15, 0.2) is 72.8 Å². The maximum absolute atomic E-state index is 13.7. The average Bonchev–Trinajstić information content (AvgIpc) is 4.07. The minimum Gasteiger partial charge on any atom is -0.465 e. The van der Waals surface area contributed by atoms with Gasteiger partial charge in [0.2, 0.25) is 11.8 Å². The molecule has 2 fully saturated rings. The van der Waals surface area contributed by atoms with E-state index in [0.717, 1.165) is 98.8 Å². The van der Waals surface area contributed by atoms with Crippen LogP contribution in [0.4, 0.5) is 9.59 Å². The number of rotatable bonds is 11. The summed E-state index contributed by atoms with van der Waals surface area (Å²) in [5.74, 6) is 0.829. The van der Waals surface area contributed by atoms with Crippen LogP contribution < -0.4 is 16.0 Å². The van der Waals surface area contributed by atoms with E-state index in [4.69, 9.17) is 14.7 Å². The number of aromatic amines is 2. The molecule has 14 heteroatoms. The van der Waals surface area contributed by atoms with Crippen LogP contribution in [0.5, 0.6) is 0 Å². The lowest BCUT2D eigenvalue weighted by molar-refractivity contribution is -0.135. The number of nitrogens with zero attached hydrogens (tertiary/aromatic N) is 3. The first-order valence-electron chi connectivity index (χ1n) is 20.9. The molecule has 14 nitrogen and oxygen atoms in total. The van der Waals surface area contributed by atoms with Gasteiger partial charge < -0.3 is 40.7 Å². The largest absolute Gasteiger partial charge is 0.465 e. The summed E-state index contributed by atoms with van der Waals surface area (Å²) >= 11 is 0. The number of H-pyrrole nitrogens is 2. The zero-order chi connectivity index (χ0) is 42.2. The van der Waals surface area contributed by atoms with Crippen molar-refractivity contribution in [3.05, 3.63) is 84.4 Å². The molecule has 1 saturated heterocycles. The quantitative estimate of drug-likeness (QED) is 0.0757. The van der Waals surface area contributed by atoms with E-state index in [1.807, 2.05) is 44.7 Å². The van der Waals surface area contributed by atoms with Crippen molar-refractivity contribution < 1.29 is 29.0 Å². The van der Waals surface area contributed by atoms with Gasteiger partial charge >= 0.3 is 12.2 Å². The number of fused-ring (bicyclic) bond motifs is 4. The number of imidazole rings is 2. The molecule has 3 heterocycles. The van der Waals surface area contributed by atoms with E-state index in [1.54, 1.807) is 0 Å². The monoisotopic (exact) mass is 812 g/mol. The molecule has 60 heavy (non-hydrogen) atoms. The number of carbonyl (C=O) groups excluding carboxylic acids is 3. The Labute approximate surface area is 347 Å². The molecule has 0 radical (unpaired) electrons. The lowest BCUT2D eigenvalue weighted by Gasteiger charge is -2.29. The summed E-state index contributed by atoms with van der Waals surface area (Å²) in [4.78, 5) is 68.9. The van der Waals surface area contributed by atoms with Gasteiger partial charge in [-0.3, -0.25) is 9.59 Å². The Bertz CT molecular complexity index is 2580. The van der Waals surface area contributed by atoms with Crippen LogP contribution in [0.1, 0.15) is 83.4 Å². The molecule has 2 aliphatic rings. The molecule has 1 aliphatic heterocycles. The van der Waals surface area contributed by atoms with Gasteiger partial charge in [0, 0.05) is 23.9 Å². The Hall–Kier alpha value is -6.44. The van der Waals surface area contributed by atoms with E-state index in [-0.39, 0.29) is 41.7 Å². The Morgan fingerprint density at radius 3 is 2.13 bits per heavy atom. The minimum atomic E-state index is -1.21. The smallest absolute Gasteiger partial charge is 0.407 e. The van der Waals surface area contributed by atoms with Crippen molar-refractivity contribution >= 4 is 56.8 Å². The molecule has 0 spiro atoms. The molecule has 312 valence electrons. The predicted octanol–water partition coefficient (Wildman–Crippen LogP) is 8.02. The van der Waals surface area contributed by atoms with Crippen molar-refractivity contribution in [2.24, 2.45) is 11.8 Å². The normalized spacial score (nSPS) is 19.0. The van der Waals surface area contributed by atoms with Crippen molar-refractivity contribution in [2.45, 2.75) is 89.9 Å². The van der Waals surface area contributed by atoms with Gasteiger partial charge in [-0.25, -0.2) is 19.6 Å². The Kier molecular flexibility index (Phi) is 11.2. The number of hydrogen-bond acceptors (Lipinski definition) is 7. The maximum atomic E-state index is 13.7. The molecule has 0 bridgehead atoms. The van der Waals surface area contributed by atoms with E-state index in [0.29, 0.717) is 6.54 Å². The zero-order valence-corrected chi connectivity index (χ0v) is 34.5. The molecule has 5 atom stereocenters. The number of nitrogens with one attached hydrogen (secondary N) is 5. The number of ether oxygens (including phenoxy) is 1. The van der Waals surface area contributed by atoms with Crippen molar-refractivity contribution in [1.29, 1.82) is 0 Å². The van der Waals surface area contributed by atoms with Gasteiger partial charge in [-0.1, -0.05) is 82.6 Å². The molecule has 4 aromatic carbocycles. The fourth-order valence-corrected chi connectivity index (χ4v) is 8.99. The number of benzene rings is 4. The van der Waals surface area contributed by atoms with Crippen molar-refractivity contribution in [2.75, 3.05) is 13.7 Å². The predicted molar refractivity (Wildman–Crippen MR) is 230 cm³/mol. The van der Waals surface area contributed by atoms with Crippen LogP contribution in [0.25, 0.3) is 55.1 Å². The lowest BCUT2D eigenvalue weighted by Crippen LogP contribution is -2.52. The number of amides is 4. The van der Waals surface area contributed by atoms with Gasteiger partial charge in [0.1, 0.15) is 23.7 Å². The highest BCUT2D eigenvalue weighted by atomic mass is 16.5. The summed E-state index contributed by atoms with van der Waals surface area (Å²) < 4.78 is 4.79. The molecule has 0 unspecified atom stereocenters. The second-order valence-electron chi connectivity index (χ2n) is 16.8. The van der Waals surface area contributed by atoms with Crippen molar-refractivity contribution in [3.63, 3.8) is 0 Å². The van der Waals surface area contributed by atoms with Crippen LogP contribution in [-0.2, 0) is 14.3 Å². The number of carbonyl (C=O) groups is 4. The summed E-state index contributed by atoms with van der Waals surface area (Å²) in [5, 5.41) is 19.5. The zero-order valence-electron chi connectivity index (χ0n) is 34.5. The summed E-state index contributed by atoms with van der Waals surface area (Å²) in [6.07, 6.45) is 2.40. The van der Waals surface area contributed by atoms with Gasteiger partial charge in [-0.05, 0) is 89.4 Å². The Morgan fingerprint density at radius 2 is 1.43 bits per heavy atom. The van der Waals surface area contributed by atoms with Gasteiger partial charge in [0.05, 0.1) is 35.2 Å². The fraction of sp³-hybridized carbons (Fsp3) is 0.391. The minimum absolute atomic E-state index is 0.00373. The van der Waals surface area contributed by atoms with E-state index < -0.39 is 24.3 Å². The van der Waals surface area contributed by atoms with Gasteiger partial charge in [0.25, 0.3) is 0 Å². The number of alkyl carbamates (subject to hydrolysis) is 1. The van der Waals surface area contributed by atoms with Gasteiger partial charge in [-0.2, -0.15) is 0 Å². The number of carboxylic acid groups (broad SMARTS) is 1. The van der Waals surface area contributed by atoms with E-state index in [1.165, 1.54) is 7.11 Å². The topological polar surface area (TPSA) is 194 Å². The first-order chi connectivity index (χ1) is 28.9. The first-order valence-corrected chi connectivity index (χ1v) is 20.9. The van der Waals surface area contributed by atoms with Crippen LogP contribution >= 0.6 is 0 Å². The molecule has 6 aromatic rings. The number of methoxy groups -OCH3 is 1. The van der Waals surface area contributed by atoms with Crippen LogP contribution in [0.2, 0.25) is 0 Å². The third kappa shape index (κ3) is 7.97. The number of hydrogen-bond donors (Lipinski definition) is 6. The second kappa shape index (κ2) is 16.7.